The third-order valence-corrected chi connectivity index (χ3v) is 3.73. The Kier molecular flexibility index (Phi) is 5.01. The van der Waals surface area contributed by atoms with Gasteiger partial charge in [0, 0.05) is 16.1 Å². The lowest BCUT2D eigenvalue weighted by Gasteiger charge is -2.17. The van der Waals surface area contributed by atoms with E-state index < -0.39 is 11.9 Å². The van der Waals surface area contributed by atoms with Crippen molar-refractivity contribution in [2.24, 2.45) is 0 Å². The molecule has 0 spiro atoms. The molecule has 0 amide bonds. The summed E-state index contributed by atoms with van der Waals surface area (Å²) in [4.78, 5) is 28.3. The van der Waals surface area contributed by atoms with E-state index in [1.807, 2.05) is 0 Å². The Balaban J connectivity index is 2.92. The van der Waals surface area contributed by atoms with Gasteiger partial charge < -0.3 is 9.84 Å². The molecule has 6 heteroatoms. The summed E-state index contributed by atoms with van der Waals surface area (Å²) in [7, 11) is 0. The van der Waals surface area contributed by atoms with Gasteiger partial charge in [-0.15, -0.1) is 0 Å². The fourth-order valence-corrected chi connectivity index (χ4v) is 2.73. The second-order valence-electron chi connectivity index (χ2n) is 4.91. The van der Waals surface area contributed by atoms with E-state index in [2.05, 4.69) is 4.98 Å². The zero-order valence-electron chi connectivity index (χ0n) is 13.0. The monoisotopic (exact) mass is 333 g/mol. The van der Waals surface area contributed by atoms with Crippen LogP contribution in [0.5, 0.6) is 0 Å². The van der Waals surface area contributed by atoms with Crippen LogP contribution in [0.2, 0.25) is 5.02 Å². The summed E-state index contributed by atoms with van der Waals surface area (Å²) in [6.07, 6.45) is 0. The average molecular weight is 334 g/mol. The van der Waals surface area contributed by atoms with E-state index in [0.717, 1.165) is 0 Å². The van der Waals surface area contributed by atoms with Crippen molar-refractivity contribution in [1.29, 1.82) is 0 Å². The van der Waals surface area contributed by atoms with Crippen molar-refractivity contribution in [2.45, 2.75) is 20.8 Å². The summed E-state index contributed by atoms with van der Waals surface area (Å²) in [5.74, 6) is -1.79. The average Bonchev–Trinajstić information content (AvgIpc) is 2.46. The van der Waals surface area contributed by atoms with Crippen LogP contribution in [-0.2, 0) is 4.74 Å². The highest BCUT2D eigenvalue weighted by molar-refractivity contribution is 6.33. The van der Waals surface area contributed by atoms with Crippen molar-refractivity contribution in [3.8, 4) is 11.1 Å². The third-order valence-electron chi connectivity index (χ3n) is 3.40. The zero-order chi connectivity index (χ0) is 17.1. The van der Waals surface area contributed by atoms with Crippen molar-refractivity contribution in [1.82, 2.24) is 4.98 Å². The highest BCUT2D eigenvalue weighted by atomic mass is 35.5. The summed E-state index contributed by atoms with van der Waals surface area (Å²) < 4.78 is 5.07. The highest BCUT2D eigenvalue weighted by Crippen LogP contribution is 2.36. The van der Waals surface area contributed by atoms with Gasteiger partial charge in [-0.05, 0) is 26.8 Å². The van der Waals surface area contributed by atoms with Crippen molar-refractivity contribution in [2.75, 3.05) is 6.61 Å². The van der Waals surface area contributed by atoms with Crippen molar-refractivity contribution in [3.05, 3.63) is 51.8 Å². The lowest BCUT2D eigenvalue weighted by molar-refractivity contribution is 0.0526. The number of pyridine rings is 1. The maximum Gasteiger partial charge on any atom is 0.340 e. The number of hydrogen-bond acceptors (Lipinski definition) is 4. The molecule has 2 aromatic rings. The smallest absolute Gasteiger partial charge is 0.340 e. The molecule has 0 fully saturated rings. The largest absolute Gasteiger partial charge is 0.478 e. The first-order valence-electron chi connectivity index (χ1n) is 7.05. The van der Waals surface area contributed by atoms with Crippen molar-refractivity contribution in [3.63, 3.8) is 0 Å². The number of carboxylic acid groups (broad SMARTS) is 1. The van der Waals surface area contributed by atoms with Crippen LogP contribution in [0.3, 0.4) is 0 Å². The maximum absolute atomic E-state index is 12.4. The molecule has 1 heterocycles. The van der Waals surface area contributed by atoms with Crippen LogP contribution in [0.4, 0.5) is 0 Å². The lowest BCUT2D eigenvalue weighted by Crippen LogP contribution is -2.16. The molecule has 0 bridgehead atoms. The minimum Gasteiger partial charge on any atom is -0.478 e. The van der Waals surface area contributed by atoms with Crippen LogP contribution in [0.1, 0.15) is 39.0 Å². The number of rotatable bonds is 4. The number of carbonyl (C=O) groups is 2. The predicted octanol–water partition coefficient (Wildman–Crippen LogP) is 3.89. The van der Waals surface area contributed by atoms with Gasteiger partial charge in [0.25, 0.3) is 0 Å². The number of carboxylic acids is 1. The molecule has 120 valence electrons. The first kappa shape index (κ1) is 17.0. The first-order chi connectivity index (χ1) is 10.9. The third kappa shape index (κ3) is 3.19. The van der Waals surface area contributed by atoms with Crippen LogP contribution in [0, 0.1) is 13.8 Å². The molecule has 1 N–H and O–H groups in total. The first-order valence-corrected chi connectivity index (χ1v) is 7.42. The summed E-state index contributed by atoms with van der Waals surface area (Å²) in [5, 5.41) is 9.94. The van der Waals surface area contributed by atoms with Gasteiger partial charge in [0.05, 0.1) is 29.1 Å². The number of esters is 1. The number of hydrogen-bond donors (Lipinski definition) is 1. The lowest BCUT2D eigenvalue weighted by atomic mass is 9.92. The van der Waals surface area contributed by atoms with Crippen molar-refractivity contribution < 1.29 is 19.4 Å². The van der Waals surface area contributed by atoms with Gasteiger partial charge in [-0.3, -0.25) is 4.98 Å². The highest BCUT2D eigenvalue weighted by Gasteiger charge is 2.27. The molecule has 23 heavy (non-hydrogen) atoms. The number of nitrogens with zero attached hydrogens (tertiary/aromatic N) is 1. The Hall–Kier alpha value is -2.40. The Labute approximate surface area is 138 Å². The van der Waals surface area contributed by atoms with Gasteiger partial charge in [-0.1, -0.05) is 29.8 Å². The quantitative estimate of drug-likeness (QED) is 0.859. The normalized spacial score (nSPS) is 10.4. The van der Waals surface area contributed by atoms with Gasteiger partial charge in [0.2, 0.25) is 0 Å². The molecule has 0 aliphatic rings. The molecule has 1 aromatic heterocycles. The summed E-state index contributed by atoms with van der Waals surface area (Å²) >= 11 is 6.23. The Morgan fingerprint density at radius 2 is 1.78 bits per heavy atom. The summed E-state index contributed by atoms with van der Waals surface area (Å²) in [5.41, 5.74) is 1.50. The van der Waals surface area contributed by atoms with E-state index in [9.17, 15) is 14.7 Å². The fourth-order valence-electron chi connectivity index (χ4n) is 2.50. The molecule has 0 saturated heterocycles. The molecule has 0 saturated carbocycles. The number of aryl methyl sites for hydroxylation is 2. The Morgan fingerprint density at radius 1 is 1.17 bits per heavy atom. The minimum atomic E-state index is -1.17. The Bertz CT molecular complexity index is 786. The maximum atomic E-state index is 12.4. The number of halogens is 1. The number of aromatic nitrogens is 1. The van der Waals surface area contributed by atoms with E-state index in [-0.39, 0.29) is 23.3 Å². The molecular weight excluding hydrogens is 318 g/mol. The van der Waals surface area contributed by atoms with Gasteiger partial charge in [-0.25, -0.2) is 9.59 Å². The zero-order valence-corrected chi connectivity index (χ0v) is 13.8. The van der Waals surface area contributed by atoms with Gasteiger partial charge >= 0.3 is 11.9 Å². The van der Waals surface area contributed by atoms with Crippen molar-refractivity contribution >= 4 is 23.5 Å². The number of benzene rings is 1. The Morgan fingerprint density at radius 3 is 2.35 bits per heavy atom. The van der Waals surface area contributed by atoms with E-state index in [0.29, 0.717) is 22.0 Å². The molecule has 1 aromatic carbocycles. The minimum absolute atomic E-state index is 0.0493. The summed E-state index contributed by atoms with van der Waals surface area (Å²) in [6, 6.07) is 6.78. The van der Waals surface area contributed by atoms with Gasteiger partial charge in [0.15, 0.2) is 0 Å². The van der Waals surface area contributed by atoms with E-state index in [1.54, 1.807) is 45.0 Å². The molecular formula is C17H16ClNO4. The molecule has 0 aliphatic heterocycles. The van der Waals surface area contributed by atoms with E-state index in [1.165, 1.54) is 0 Å². The number of ether oxygens (including phenoxy) is 1. The predicted molar refractivity (Wildman–Crippen MR) is 87.1 cm³/mol. The van der Waals surface area contributed by atoms with Crippen LogP contribution < -0.4 is 0 Å². The van der Waals surface area contributed by atoms with E-state index >= 15 is 0 Å². The topological polar surface area (TPSA) is 76.5 Å². The van der Waals surface area contributed by atoms with Crippen LogP contribution in [0.25, 0.3) is 11.1 Å². The second kappa shape index (κ2) is 6.79. The molecule has 0 unspecified atom stereocenters. The molecule has 2 rings (SSSR count). The molecule has 0 atom stereocenters. The standard InChI is InChI=1S/C17H16ClNO4/c1-4-23-17(22)14-10(3)19-9(2)13(16(20)21)15(14)11-7-5-6-8-12(11)18/h5-8H,4H2,1-3H3,(H,20,21). The molecule has 5 nitrogen and oxygen atoms in total. The fraction of sp³-hybridized carbons (Fsp3) is 0.235. The summed E-state index contributed by atoms with van der Waals surface area (Å²) in [6.45, 7) is 5.09. The SMILES string of the molecule is CCOC(=O)c1c(C)nc(C)c(C(=O)O)c1-c1ccccc1Cl. The van der Waals surface area contributed by atoms with E-state index in [4.69, 9.17) is 16.3 Å². The van der Waals surface area contributed by atoms with Crippen LogP contribution in [0.15, 0.2) is 24.3 Å². The second-order valence-corrected chi connectivity index (χ2v) is 5.32. The van der Waals surface area contributed by atoms with Gasteiger partial charge in [-0.2, -0.15) is 0 Å². The molecule has 0 aliphatic carbocycles. The van der Waals surface area contributed by atoms with Crippen LogP contribution >= 0.6 is 11.6 Å². The van der Waals surface area contributed by atoms with Crippen LogP contribution in [-0.4, -0.2) is 28.6 Å². The van der Waals surface area contributed by atoms with Gasteiger partial charge in [0.1, 0.15) is 0 Å². The number of carbonyl (C=O) groups excluding carboxylic acids is 1. The number of aromatic carboxylic acids is 1. The molecule has 0 radical (unpaired) electrons.